The van der Waals surface area contributed by atoms with Crippen LogP contribution in [0.5, 0.6) is 5.75 Å². The van der Waals surface area contributed by atoms with Crippen LogP contribution in [0.4, 0.5) is 0 Å². The van der Waals surface area contributed by atoms with Crippen LogP contribution >= 0.6 is 0 Å². The first kappa shape index (κ1) is 21.1. The van der Waals surface area contributed by atoms with Crippen molar-refractivity contribution in [3.63, 3.8) is 0 Å². The van der Waals surface area contributed by atoms with Crippen molar-refractivity contribution in [2.24, 2.45) is 0 Å². The summed E-state index contributed by atoms with van der Waals surface area (Å²) in [4.78, 5) is 27.6. The molecule has 1 amide bonds. The molecular weight excluding hydrogens is 394 g/mol. The molecule has 0 aromatic heterocycles. The number of likely N-dealkylation sites (tertiary alicyclic amines) is 1. The highest BCUT2D eigenvalue weighted by Gasteiger charge is 2.47. The molecule has 0 saturated carbocycles. The molecule has 2 aromatic rings. The van der Waals surface area contributed by atoms with Crippen LogP contribution in [0.1, 0.15) is 42.5 Å². The highest BCUT2D eigenvalue weighted by molar-refractivity contribution is 6.46. The predicted molar refractivity (Wildman–Crippen MR) is 117 cm³/mol. The Morgan fingerprint density at radius 1 is 1.19 bits per heavy atom. The number of ketones is 1. The normalized spacial score (nSPS) is 22.8. The summed E-state index contributed by atoms with van der Waals surface area (Å²) in [6.45, 7) is 5.31. The quantitative estimate of drug-likeness (QED) is 0.434. The Morgan fingerprint density at radius 2 is 1.97 bits per heavy atom. The molecule has 2 unspecified atom stereocenters. The van der Waals surface area contributed by atoms with Crippen LogP contribution in [-0.2, 0) is 14.3 Å². The molecule has 4 rings (SSSR count). The number of carbonyl (C=O) groups excluding carboxylic acids is 2. The maximum Gasteiger partial charge on any atom is 0.295 e. The maximum absolute atomic E-state index is 13.1. The number of hydrogen-bond donors (Lipinski definition) is 1. The summed E-state index contributed by atoms with van der Waals surface area (Å²) in [5.41, 5.74) is 2.22. The zero-order valence-electron chi connectivity index (χ0n) is 17.8. The number of aryl methyl sites for hydroxylation is 1. The second-order valence-corrected chi connectivity index (χ2v) is 7.91. The zero-order valence-corrected chi connectivity index (χ0v) is 17.8. The molecule has 2 atom stereocenters. The van der Waals surface area contributed by atoms with Gasteiger partial charge in [0.15, 0.2) is 0 Å². The number of benzene rings is 2. The van der Waals surface area contributed by atoms with E-state index in [0.717, 1.165) is 29.7 Å². The molecule has 0 aliphatic carbocycles. The maximum atomic E-state index is 13.1. The second-order valence-electron chi connectivity index (χ2n) is 7.91. The fraction of sp³-hybridized carbons (Fsp3) is 0.360. The van der Waals surface area contributed by atoms with Crippen molar-refractivity contribution >= 4 is 17.4 Å². The van der Waals surface area contributed by atoms with Gasteiger partial charge < -0.3 is 19.5 Å². The average Bonchev–Trinajstić information content (AvgIpc) is 3.38. The van der Waals surface area contributed by atoms with Gasteiger partial charge in [-0.2, -0.15) is 0 Å². The first-order valence-electron chi connectivity index (χ1n) is 10.7. The van der Waals surface area contributed by atoms with Crippen molar-refractivity contribution in [3.05, 3.63) is 70.8 Å². The van der Waals surface area contributed by atoms with Gasteiger partial charge in [0.05, 0.1) is 24.3 Å². The minimum atomic E-state index is -0.670. The number of carbonyl (C=O) groups is 2. The number of nitrogens with zero attached hydrogens (tertiary/aromatic N) is 1. The van der Waals surface area contributed by atoms with E-state index in [1.807, 2.05) is 44.2 Å². The van der Waals surface area contributed by atoms with Gasteiger partial charge in [-0.25, -0.2) is 0 Å². The number of aliphatic hydroxyl groups excluding tert-OH is 1. The summed E-state index contributed by atoms with van der Waals surface area (Å²) in [5, 5.41) is 11.2. The molecule has 2 aromatic carbocycles. The van der Waals surface area contributed by atoms with Gasteiger partial charge in [0.2, 0.25) is 0 Å². The molecular formula is C25H27NO5. The van der Waals surface area contributed by atoms with Crippen LogP contribution in [0.2, 0.25) is 0 Å². The van der Waals surface area contributed by atoms with E-state index in [4.69, 9.17) is 9.47 Å². The lowest BCUT2D eigenvalue weighted by Crippen LogP contribution is -2.36. The fourth-order valence-corrected chi connectivity index (χ4v) is 4.33. The third kappa shape index (κ3) is 4.08. The Kier molecular flexibility index (Phi) is 6.09. The number of rotatable bonds is 6. The van der Waals surface area contributed by atoms with Crippen molar-refractivity contribution in [1.82, 2.24) is 4.90 Å². The van der Waals surface area contributed by atoms with Crippen LogP contribution in [0.25, 0.3) is 5.76 Å². The second kappa shape index (κ2) is 8.94. The highest BCUT2D eigenvalue weighted by atomic mass is 16.5. The lowest BCUT2D eigenvalue weighted by Gasteiger charge is -2.27. The molecule has 2 saturated heterocycles. The highest BCUT2D eigenvalue weighted by Crippen LogP contribution is 2.40. The van der Waals surface area contributed by atoms with E-state index in [-0.39, 0.29) is 17.4 Å². The van der Waals surface area contributed by atoms with Gasteiger partial charge in [0.25, 0.3) is 11.7 Å². The molecule has 1 N–H and O–H groups in total. The minimum Gasteiger partial charge on any atom is -0.507 e. The van der Waals surface area contributed by atoms with Gasteiger partial charge in [-0.1, -0.05) is 30.3 Å². The number of hydrogen-bond acceptors (Lipinski definition) is 5. The van der Waals surface area contributed by atoms with Crippen LogP contribution in [0, 0.1) is 6.92 Å². The summed E-state index contributed by atoms with van der Waals surface area (Å²) >= 11 is 0. The molecule has 2 heterocycles. The molecule has 2 aliphatic heterocycles. The Hall–Kier alpha value is -3.12. The molecule has 162 valence electrons. The first-order valence-corrected chi connectivity index (χ1v) is 10.7. The summed E-state index contributed by atoms with van der Waals surface area (Å²) in [6, 6.07) is 14.0. The van der Waals surface area contributed by atoms with E-state index >= 15 is 0 Å². The largest absolute Gasteiger partial charge is 0.507 e. The fourth-order valence-electron chi connectivity index (χ4n) is 4.33. The lowest BCUT2D eigenvalue weighted by atomic mass is 9.94. The topological polar surface area (TPSA) is 76.1 Å². The van der Waals surface area contributed by atoms with Crippen molar-refractivity contribution < 1.29 is 24.2 Å². The monoisotopic (exact) mass is 421 g/mol. The van der Waals surface area contributed by atoms with E-state index in [0.29, 0.717) is 25.3 Å². The van der Waals surface area contributed by atoms with Crippen LogP contribution in [0.3, 0.4) is 0 Å². The lowest BCUT2D eigenvalue weighted by molar-refractivity contribution is -0.140. The van der Waals surface area contributed by atoms with E-state index in [1.54, 1.807) is 23.1 Å². The van der Waals surface area contributed by atoms with Gasteiger partial charge in [-0.3, -0.25) is 9.59 Å². The number of Topliss-reactive ketones (excluding diaryl/α,β-unsaturated/α-hetero) is 1. The molecule has 6 nitrogen and oxygen atoms in total. The summed E-state index contributed by atoms with van der Waals surface area (Å²) in [7, 11) is 0. The third-order valence-corrected chi connectivity index (χ3v) is 5.83. The standard InChI is InChI=1S/C25H27NO5/c1-3-30-20-12-11-18(14-16(20)2)23(27)21-22(17-8-5-4-6-9-17)26(25(29)24(21)28)15-19-10-7-13-31-19/h4-6,8-9,11-12,14,19,22,27H,3,7,10,13,15H2,1-2H3/b23-21-. The van der Waals surface area contributed by atoms with Gasteiger partial charge in [-0.05, 0) is 56.0 Å². The molecule has 2 fully saturated rings. The van der Waals surface area contributed by atoms with Crippen molar-refractivity contribution in [2.45, 2.75) is 38.8 Å². The van der Waals surface area contributed by atoms with Crippen molar-refractivity contribution in [2.75, 3.05) is 19.8 Å². The molecule has 6 heteroatoms. The number of amides is 1. The van der Waals surface area contributed by atoms with Crippen LogP contribution < -0.4 is 4.74 Å². The Labute approximate surface area is 182 Å². The smallest absolute Gasteiger partial charge is 0.295 e. The molecule has 0 radical (unpaired) electrons. The molecule has 0 bridgehead atoms. The Morgan fingerprint density at radius 3 is 2.61 bits per heavy atom. The van der Waals surface area contributed by atoms with E-state index in [2.05, 4.69) is 0 Å². The van der Waals surface area contributed by atoms with E-state index in [1.165, 1.54) is 0 Å². The van der Waals surface area contributed by atoms with E-state index in [9.17, 15) is 14.7 Å². The van der Waals surface area contributed by atoms with Crippen LogP contribution in [0.15, 0.2) is 54.1 Å². The number of ether oxygens (including phenoxy) is 2. The van der Waals surface area contributed by atoms with E-state index < -0.39 is 17.7 Å². The van der Waals surface area contributed by atoms with Crippen molar-refractivity contribution in [3.8, 4) is 5.75 Å². The molecule has 2 aliphatic rings. The van der Waals surface area contributed by atoms with Crippen LogP contribution in [-0.4, -0.2) is 47.6 Å². The first-order chi connectivity index (χ1) is 15.0. The SMILES string of the molecule is CCOc1ccc(/C(O)=C2/C(=O)C(=O)N(CC3CCCO3)C2c2ccccc2)cc1C. The van der Waals surface area contributed by atoms with Gasteiger partial charge >= 0.3 is 0 Å². The van der Waals surface area contributed by atoms with Gasteiger partial charge in [0.1, 0.15) is 11.5 Å². The molecule has 31 heavy (non-hydrogen) atoms. The Bertz CT molecular complexity index is 1010. The summed E-state index contributed by atoms with van der Waals surface area (Å²) < 4.78 is 11.3. The third-order valence-electron chi connectivity index (χ3n) is 5.83. The Balaban J connectivity index is 1.79. The minimum absolute atomic E-state index is 0.0998. The zero-order chi connectivity index (χ0) is 22.0. The molecule has 0 spiro atoms. The number of aliphatic hydroxyl groups is 1. The summed E-state index contributed by atoms with van der Waals surface area (Å²) in [5.74, 6) is -0.727. The van der Waals surface area contributed by atoms with Gasteiger partial charge in [-0.15, -0.1) is 0 Å². The van der Waals surface area contributed by atoms with Gasteiger partial charge in [0, 0.05) is 18.7 Å². The predicted octanol–water partition coefficient (Wildman–Crippen LogP) is 3.99. The summed E-state index contributed by atoms with van der Waals surface area (Å²) in [6.07, 6.45) is 1.69. The van der Waals surface area contributed by atoms with Crippen molar-refractivity contribution in [1.29, 1.82) is 0 Å². The average molecular weight is 421 g/mol.